The maximum Gasteiger partial charge on any atom is 0.346 e. The van der Waals surface area contributed by atoms with Gasteiger partial charge >= 0.3 is 11.9 Å². The van der Waals surface area contributed by atoms with E-state index < -0.39 is 35.0 Å². The quantitative estimate of drug-likeness (QED) is 0.208. The Morgan fingerprint density at radius 2 is 1.54 bits per heavy atom. The minimum atomic E-state index is -1.77. The van der Waals surface area contributed by atoms with Gasteiger partial charge < -0.3 is 9.47 Å². The third kappa shape index (κ3) is 5.08. The number of alkyl halides is 1. The topological polar surface area (TPSA) is 52.6 Å². The van der Waals surface area contributed by atoms with Crippen LogP contribution in [0.1, 0.15) is 29.6 Å². The van der Waals surface area contributed by atoms with Crippen LogP contribution in [0.3, 0.4) is 0 Å². The molecule has 0 aliphatic rings. The molecule has 0 unspecified atom stereocenters. The number of rotatable bonds is 7. The van der Waals surface area contributed by atoms with E-state index in [1.165, 1.54) is 18.2 Å². The summed E-state index contributed by atoms with van der Waals surface area (Å²) in [6, 6.07) is 7.17. The first-order valence-corrected chi connectivity index (χ1v) is 8.77. The summed E-state index contributed by atoms with van der Waals surface area (Å²) in [6.07, 6.45) is 1.58. The largest absolute Gasteiger partial charge is 0.423 e. The van der Waals surface area contributed by atoms with Crippen molar-refractivity contribution in [1.82, 2.24) is 0 Å². The third-order valence-electron chi connectivity index (χ3n) is 3.30. The van der Waals surface area contributed by atoms with Crippen LogP contribution >= 0.6 is 15.9 Å². The highest BCUT2D eigenvalue weighted by Crippen LogP contribution is 2.28. The SMILES string of the molecule is O=C(CCCCBr)Oc1ccccc1OC(=O)c1ccc(F)c(F)c1F. The Kier molecular flexibility index (Phi) is 7.20. The van der Waals surface area contributed by atoms with Gasteiger partial charge in [0.1, 0.15) is 0 Å². The molecule has 0 amide bonds. The highest BCUT2D eigenvalue weighted by molar-refractivity contribution is 9.09. The molecule has 2 aromatic rings. The fourth-order valence-corrected chi connectivity index (χ4v) is 2.39. The molecule has 0 radical (unpaired) electrons. The second-order valence-corrected chi connectivity index (χ2v) is 5.97. The molecule has 8 heteroatoms. The van der Waals surface area contributed by atoms with Crippen molar-refractivity contribution in [3.05, 3.63) is 59.4 Å². The van der Waals surface area contributed by atoms with Crippen molar-refractivity contribution in [2.75, 3.05) is 5.33 Å². The lowest BCUT2D eigenvalue weighted by Crippen LogP contribution is -2.14. The Morgan fingerprint density at radius 3 is 2.19 bits per heavy atom. The van der Waals surface area contributed by atoms with E-state index in [2.05, 4.69) is 15.9 Å². The monoisotopic (exact) mass is 430 g/mol. The first kappa shape index (κ1) is 20.0. The summed E-state index contributed by atoms with van der Waals surface area (Å²) in [5, 5.41) is 0.758. The number of para-hydroxylation sites is 2. The molecule has 0 aromatic heterocycles. The third-order valence-corrected chi connectivity index (χ3v) is 3.86. The predicted molar refractivity (Wildman–Crippen MR) is 91.0 cm³/mol. The number of esters is 2. The number of ether oxygens (including phenoxy) is 2. The lowest BCUT2D eigenvalue weighted by atomic mass is 10.2. The lowest BCUT2D eigenvalue weighted by molar-refractivity contribution is -0.134. The highest BCUT2D eigenvalue weighted by atomic mass is 79.9. The van der Waals surface area contributed by atoms with Gasteiger partial charge in [-0.25, -0.2) is 18.0 Å². The number of carbonyl (C=O) groups is 2. The molecule has 0 aliphatic carbocycles. The maximum atomic E-state index is 13.7. The smallest absolute Gasteiger partial charge is 0.346 e. The zero-order valence-corrected chi connectivity index (χ0v) is 15.0. The lowest BCUT2D eigenvalue weighted by Gasteiger charge is -2.11. The molecule has 0 atom stereocenters. The number of carbonyl (C=O) groups excluding carboxylic acids is 2. The van der Waals surface area contributed by atoms with Crippen LogP contribution in [0, 0.1) is 17.5 Å². The van der Waals surface area contributed by atoms with Crippen LogP contribution in [-0.4, -0.2) is 17.3 Å². The predicted octanol–water partition coefficient (Wildman–Crippen LogP) is 4.79. The van der Waals surface area contributed by atoms with Crippen molar-refractivity contribution in [1.29, 1.82) is 0 Å². The minimum absolute atomic E-state index is 0.0346. The van der Waals surface area contributed by atoms with E-state index in [0.717, 1.165) is 17.8 Å². The van der Waals surface area contributed by atoms with E-state index in [-0.39, 0.29) is 17.9 Å². The molecular weight excluding hydrogens is 417 g/mol. The normalized spacial score (nSPS) is 10.5. The van der Waals surface area contributed by atoms with Gasteiger partial charge in [-0.15, -0.1) is 0 Å². The number of benzene rings is 2. The summed E-state index contributed by atoms with van der Waals surface area (Å²) >= 11 is 3.25. The van der Waals surface area contributed by atoms with Crippen molar-refractivity contribution in [2.24, 2.45) is 0 Å². The Balaban J connectivity index is 2.14. The molecule has 2 rings (SSSR count). The minimum Gasteiger partial charge on any atom is -0.423 e. The summed E-state index contributed by atoms with van der Waals surface area (Å²) < 4.78 is 50.0. The number of unbranched alkanes of at least 4 members (excludes halogenated alkanes) is 1. The molecular formula is C18H14BrF3O4. The second-order valence-electron chi connectivity index (χ2n) is 5.18. The van der Waals surface area contributed by atoms with Crippen molar-refractivity contribution >= 4 is 27.9 Å². The molecule has 0 bridgehead atoms. The second kappa shape index (κ2) is 9.38. The van der Waals surface area contributed by atoms with Gasteiger partial charge in [-0.05, 0) is 37.1 Å². The van der Waals surface area contributed by atoms with E-state index in [0.29, 0.717) is 12.5 Å². The number of hydrogen-bond donors (Lipinski definition) is 0. The molecule has 26 heavy (non-hydrogen) atoms. The van der Waals surface area contributed by atoms with Gasteiger partial charge in [0.15, 0.2) is 29.0 Å². The number of halogens is 4. The maximum absolute atomic E-state index is 13.7. The molecule has 0 spiro atoms. The zero-order chi connectivity index (χ0) is 19.1. The number of hydrogen-bond acceptors (Lipinski definition) is 4. The Morgan fingerprint density at radius 1 is 0.885 bits per heavy atom. The average molecular weight is 431 g/mol. The highest BCUT2D eigenvalue weighted by Gasteiger charge is 2.22. The summed E-state index contributed by atoms with van der Waals surface area (Å²) in [4.78, 5) is 23.9. The van der Waals surface area contributed by atoms with Crippen LogP contribution in [0.15, 0.2) is 36.4 Å². The standard InChI is InChI=1S/C18H14BrF3O4/c19-10-4-3-7-15(23)25-13-5-1-2-6-14(13)26-18(24)11-8-9-12(20)17(22)16(11)21/h1-2,5-6,8-9H,3-4,7,10H2. The fraction of sp³-hybridized carbons (Fsp3) is 0.222. The van der Waals surface area contributed by atoms with Crippen LogP contribution in [0.25, 0.3) is 0 Å². The van der Waals surface area contributed by atoms with Crippen LogP contribution in [-0.2, 0) is 4.79 Å². The molecule has 0 aliphatic heterocycles. The Bertz CT molecular complexity index is 811. The first-order chi connectivity index (χ1) is 12.4. The van der Waals surface area contributed by atoms with Crippen LogP contribution < -0.4 is 9.47 Å². The molecule has 0 heterocycles. The van der Waals surface area contributed by atoms with E-state index in [4.69, 9.17) is 9.47 Å². The Hall–Kier alpha value is -2.35. The van der Waals surface area contributed by atoms with E-state index in [1.807, 2.05) is 0 Å². The van der Waals surface area contributed by atoms with E-state index in [1.54, 1.807) is 6.07 Å². The van der Waals surface area contributed by atoms with Crippen molar-refractivity contribution in [3.8, 4) is 11.5 Å². The van der Waals surface area contributed by atoms with Crippen molar-refractivity contribution in [2.45, 2.75) is 19.3 Å². The van der Waals surface area contributed by atoms with Crippen molar-refractivity contribution < 1.29 is 32.2 Å². The molecule has 138 valence electrons. The zero-order valence-electron chi connectivity index (χ0n) is 13.4. The summed E-state index contributed by atoms with van der Waals surface area (Å²) in [6.45, 7) is 0. The van der Waals surface area contributed by atoms with Crippen LogP contribution in [0.5, 0.6) is 11.5 Å². The molecule has 4 nitrogen and oxygen atoms in total. The molecule has 0 saturated heterocycles. The fourth-order valence-electron chi connectivity index (χ4n) is 1.99. The van der Waals surface area contributed by atoms with Gasteiger partial charge in [-0.3, -0.25) is 4.79 Å². The van der Waals surface area contributed by atoms with Gasteiger partial charge in [0, 0.05) is 11.8 Å². The van der Waals surface area contributed by atoms with Gasteiger partial charge in [0.25, 0.3) is 0 Å². The molecule has 0 N–H and O–H groups in total. The van der Waals surface area contributed by atoms with Crippen LogP contribution in [0.4, 0.5) is 13.2 Å². The van der Waals surface area contributed by atoms with Crippen molar-refractivity contribution in [3.63, 3.8) is 0 Å². The molecule has 0 fully saturated rings. The van der Waals surface area contributed by atoms with Gasteiger partial charge in [-0.1, -0.05) is 28.1 Å². The van der Waals surface area contributed by atoms with Gasteiger partial charge in [-0.2, -0.15) is 0 Å². The summed E-state index contributed by atoms with van der Waals surface area (Å²) in [5.41, 5.74) is -0.776. The average Bonchev–Trinajstić information content (AvgIpc) is 2.61. The summed E-state index contributed by atoms with van der Waals surface area (Å²) in [5.74, 6) is -6.79. The first-order valence-electron chi connectivity index (χ1n) is 7.65. The molecule has 0 saturated carbocycles. The summed E-state index contributed by atoms with van der Waals surface area (Å²) in [7, 11) is 0. The Labute approximate surface area is 156 Å². The van der Waals surface area contributed by atoms with Crippen LogP contribution in [0.2, 0.25) is 0 Å². The van der Waals surface area contributed by atoms with E-state index in [9.17, 15) is 22.8 Å². The van der Waals surface area contributed by atoms with Gasteiger partial charge in [0.2, 0.25) is 0 Å². The van der Waals surface area contributed by atoms with Gasteiger partial charge in [0.05, 0.1) is 5.56 Å². The molecule has 2 aromatic carbocycles. The van der Waals surface area contributed by atoms with E-state index >= 15 is 0 Å².